The number of hydrogen-bond donors (Lipinski definition) is 1. The Labute approximate surface area is 174 Å². The van der Waals surface area contributed by atoms with Gasteiger partial charge in [-0.15, -0.1) is 0 Å². The van der Waals surface area contributed by atoms with Gasteiger partial charge in [-0.2, -0.15) is 0 Å². The number of aryl methyl sites for hydroxylation is 2. The highest BCUT2D eigenvalue weighted by molar-refractivity contribution is 7.92. The zero-order valence-electron chi connectivity index (χ0n) is 16.3. The molecule has 0 spiro atoms. The summed E-state index contributed by atoms with van der Waals surface area (Å²) in [5.41, 5.74) is 2.36. The molecule has 3 aromatic rings. The number of Topliss-reactive ketones (excluding diaryl/α,β-unsaturated/α-hetero) is 1. The summed E-state index contributed by atoms with van der Waals surface area (Å²) in [4.78, 5) is 31.9. The molecule has 154 valence electrons. The van der Waals surface area contributed by atoms with E-state index in [0.29, 0.717) is 5.56 Å². The summed E-state index contributed by atoms with van der Waals surface area (Å²) < 4.78 is 31.9. The van der Waals surface area contributed by atoms with E-state index in [4.69, 9.17) is 4.74 Å². The average Bonchev–Trinajstić information content (AvgIpc) is 2.73. The molecule has 0 saturated heterocycles. The Balaban J connectivity index is 1.60. The number of hydrogen-bond acceptors (Lipinski definition) is 7. The fourth-order valence-electron chi connectivity index (χ4n) is 2.42. The zero-order valence-corrected chi connectivity index (χ0v) is 17.1. The van der Waals surface area contributed by atoms with Crippen LogP contribution >= 0.6 is 0 Å². The summed E-state index contributed by atoms with van der Waals surface area (Å²) in [5, 5.41) is 0. The first-order chi connectivity index (χ1) is 14.2. The third-order valence-corrected chi connectivity index (χ3v) is 5.50. The van der Waals surface area contributed by atoms with E-state index in [1.165, 1.54) is 12.1 Å². The van der Waals surface area contributed by atoms with Crippen molar-refractivity contribution in [3.63, 3.8) is 0 Å². The number of esters is 1. The van der Waals surface area contributed by atoms with Crippen LogP contribution in [0.4, 0.5) is 5.95 Å². The zero-order chi connectivity index (χ0) is 21.7. The van der Waals surface area contributed by atoms with Crippen molar-refractivity contribution in [3.8, 4) is 0 Å². The molecule has 0 atom stereocenters. The molecule has 8 nitrogen and oxygen atoms in total. The SMILES string of the molecule is Cc1ccc(C(=O)COC(=O)c2cnc(NS(=O)(=O)c3ccc(C)cc3)nc2)cc1. The van der Waals surface area contributed by atoms with Gasteiger partial charge in [-0.05, 0) is 26.0 Å². The Kier molecular flexibility index (Phi) is 6.22. The van der Waals surface area contributed by atoms with E-state index in [-0.39, 0.29) is 22.2 Å². The highest BCUT2D eigenvalue weighted by Gasteiger charge is 2.17. The number of carbonyl (C=O) groups excluding carboxylic acids is 2. The molecule has 0 amide bonds. The lowest BCUT2D eigenvalue weighted by Crippen LogP contribution is -2.17. The number of anilines is 1. The van der Waals surface area contributed by atoms with Crippen LogP contribution in [0.3, 0.4) is 0 Å². The number of benzene rings is 2. The molecule has 0 unspecified atom stereocenters. The van der Waals surface area contributed by atoms with Crippen LogP contribution in [0.2, 0.25) is 0 Å². The lowest BCUT2D eigenvalue weighted by Gasteiger charge is -2.08. The summed E-state index contributed by atoms with van der Waals surface area (Å²) in [6, 6.07) is 13.2. The number of carbonyl (C=O) groups is 2. The molecular weight excluding hydrogens is 406 g/mol. The molecule has 30 heavy (non-hydrogen) atoms. The minimum atomic E-state index is -3.85. The van der Waals surface area contributed by atoms with Crippen LogP contribution in [-0.2, 0) is 14.8 Å². The van der Waals surface area contributed by atoms with Gasteiger partial charge in [0.2, 0.25) is 5.95 Å². The molecule has 9 heteroatoms. The molecule has 0 aliphatic carbocycles. The van der Waals surface area contributed by atoms with Crippen LogP contribution in [-0.4, -0.2) is 36.7 Å². The Bertz CT molecular complexity index is 1160. The Morgan fingerprint density at radius 1 is 0.867 bits per heavy atom. The van der Waals surface area contributed by atoms with E-state index >= 15 is 0 Å². The molecule has 1 N–H and O–H groups in total. The van der Waals surface area contributed by atoms with Crippen LogP contribution in [0.15, 0.2) is 65.8 Å². The van der Waals surface area contributed by atoms with Gasteiger partial charge in [0.15, 0.2) is 12.4 Å². The van der Waals surface area contributed by atoms with E-state index < -0.39 is 22.6 Å². The van der Waals surface area contributed by atoms with Crippen molar-refractivity contribution >= 4 is 27.7 Å². The van der Waals surface area contributed by atoms with Crippen LogP contribution in [0.5, 0.6) is 0 Å². The predicted molar refractivity (Wildman–Crippen MR) is 110 cm³/mol. The summed E-state index contributed by atoms with van der Waals surface area (Å²) in [6.45, 7) is 3.32. The van der Waals surface area contributed by atoms with Gasteiger partial charge in [-0.25, -0.2) is 27.9 Å². The molecule has 0 aliphatic rings. The number of sulfonamides is 1. The van der Waals surface area contributed by atoms with Gasteiger partial charge in [0.05, 0.1) is 10.5 Å². The van der Waals surface area contributed by atoms with E-state index in [1.54, 1.807) is 36.4 Å². The Morgan fingerprint density at radius 2 is 1.40 bits per heavy atom. The first-order valence-corrected chi connectivity index (χ1v) is 10.4. The van der Waals surface area contributed by atoms with Crippen molar-refractivity contribution < 1.29 is 22.7 Å². The molecule has 1 aromatic heterocycles. The second-order valence-electron chi connectivity index (χ2n) is 6.58. The summed E-state index contributed by atoms with van der Waals surface area (Å²) >= 11 is 0. The molecule has 3 rings (SSSR count). The van der Waals surface area contributed by atoms with E-state index in [2.05, 4.69) is 14.7 Å². The second-order valence-corrected chi connectivity index (χ2v) is 8.26. The van der Waals surface area contributed by atoms with Gasteiger partial charge in [-0.3, -0.25) is 4.79 Å². The molecule has 1 heterocycles. The smallest absolute Gasteiger partial charge is 0.341 e. The molecule has 0 aliphatic heterocycles. The van der Waals surface area contributed by atoms with Crippen molar-refractivity contribution in [1.29, 1.82) is 0 Å². The van der Waals surface area contributed by atoms with Gasteiger partial charge >= 0.3 is 5.97 Å². The summed E-state index contributed by atoms with van der Waals surface area (Å²) in [5.74, 6) is -1.32. The number of ether oxygens (including phenoxy) is 1. The number of ketones is 1. The van der Waals surface area contributed by atoms with Gasteiger partial charge in [-0.1, -0.05) is 47.5 Å². The van der Waals surface area contributed by atoms with Crippen LogP contribution in [0.1, 0.15) is 31.8 Å². The third kappa shape index (κ3) is 5.26. The van der Waals surface area contributed by atoms with Gasteiger partial charge in [0, 0.05) is 18.0 Å². The minimum absolute atomic E-state index is 0.00927. The maximum Gasteiger partial charge on any atom is 0.341 e. The summed E-state index contributed by atoms with van der Waals surface area (Å²) in [6.07, 6.45) is 2.25. The number of rotatable bonds is 7. The van der Waals surface area contributed by atoms with E-state index in [1.807, 2.05) is 13.8 Å². The maximum atomic E-state index is 12.3. The minimum Gasteiger partial charge on any atom is -0.454 e. The standard InChI is InChI=1S/C21H19N3O5S/c1-14-3-7-16(8-4-14)19(25)13-29-20(26)17-11-22-21(23-12-17)24-30(27,28)18-9-5-15(2)6-10-18/h3-12H,13H2,1-2H3,(H,22,23,24). The molecule has 0 radical (unpaired) electrons. The van der Waals surface area contributed by atoms with Crippen molar-refractivity contribution in [2.45, 2.75) is 18.7 Å². The fraction of sp³-hybridized carbons (Fsp3) is 0.143. The molecule has 0 saturated carbocycles. The van der Waals surface area contributed by atoms with Crippen LogP contribution in [0, 0.1) is 13.8 Å². The quantitative estimate of drug-likeness (QED) is 0.457. The summed E-state index contributed by atoms with van der Waals surface area (Å²) in [7, 11) is -3.85. The number of aromatic nitrogens is 2. The number of nitrogens with one attached hydrogen (secondary N) is 1. The van der Waals surface area contributed by atoms with Gasteiger partial charge in [0.1, 0.15) is 0 Å². The topological polar surface area (TPSA) is 115 Å². The Hall–Kier alpha value is -3.59. The first kappa shape index (κ1) is 21.1. The molecule has 0 fully saturated rings. The van der Waals surface area contributed by atoms with Crippen LogP contribution in [0.25, 0.3) is 0 Å². The normalized spacial score (nSPS) is 11.0. The van der Waals surface area contributed by atoms with Crippen molar-refractivity contribution in [2.24, 2.45) is 0 Å². The second kappa shape index (κ2) is 8.83. The van der Waals surface area contributed by atoms with Crippen molar-refractivity contribution in [3.05, 3.63) is 83.2 Å². The monoisotopic (exact) mass is 425 g/mol. The largest absolute Gasteiger partial charge is 0.454 e. The van der Waals surface area contributed by atoms with Crippen molar-refractivity contribution in [2.75, 3.05) is 11.3 Å². The molecular formula is C21H19N3O5S. The third-order valence-electron chi connectivity index (χ3n) is 4.15. The van der Waals surface area contributed by atoms with E-state index in [0.717, 1.165) is 23.5 Å². The highest BCUT2D eigenvalue weighted by Crippen LogP contribution is 2.14. The average molecular weight is 425 g/mol. The maximum absolute atomic E-state index is 12.3. The van der Waals surface area contributed by atoms with E-state index in [9.17, 15) is 18.0 Å². The lowest BCUT2D eigenvalue weighted by molar-refractivity contribution is 0.0474. The van der Waals surface area contributed by atoms with Crippen molar-refractivity contribution in [1.82, 2.24) is 9.97 Å². The fourth-order valence-corrected chi connectivity index (χ4v) is 3.38. The van der Waals surface area contributed by atoms with Gasteiger partial charge < -0.3 is 4.74 Å². The Morgan fingerprint density at radius 3 is 1.97 bits per heavy atom. The lowest BCUT2D eigenvalue weighted by atomic mass is 10.1. The molecule has 2 aromatic carbocycles. The predicted octanol–water partition coefficient (Wildman–Crippen LogP) is 2.93. The highest BCUT2D eigenvalue weighted by atomic mass is 32.2. The molecule has 0 bridgehead atoms. The number of nitrogens with zero attached hydrogens (tertiary/aromatic N) is 2. The first-order valence-electron chi connectivity index (χ1n) is 8.93. The van der Waals surface area contributed by atoms with Gasteiger partial charge in [0.25, 0.3) is 10.0 Å². The van der Waals surface area contributed by atoms with Crippen LogP contribution < -0.4 is 4.72 Å².